The second-order valence-corrected chi connectivity index (χ2v) is 7.27. The summed E-state index contributed by atoms with van der Waals surface area (Å²) in [5.74, 6) is -0.219. The normalized spacial score (nSPS) is 15.7. The van der Waals surface area contributed by atoms with Crippen molar-refractivity contribution in [1.82, 2.24) is 10.3 Å². The van der Waals surface area contributed by atoms with Gasteiger partial charge in [-0.25, -0.2) is 4.98 Å². The number of benzene rings is 2. The third-order valence-electron chi connectivity index (χ3n) is 4.42. The van der Waals surface area contributed by atoms with Crippen molar-refractivity contribution < 1.29 is 4.79 Å². The molecular formula is C21H16ClN3OS. The van der Waals surface area contributed by atoms with Gasteiger partial charge in [-0.15, -0.1) is 0 Å². The van der Waals surface area contributed by atoms with E-state index in [4.69, 9.17) is 23.8 Å². The van der Waals surface area contributed by atoms with Crippen LogP contribution in [-0.4, -0.2) is 16.0 Å². The summed E-state index contributed by atoms with van der Waals surface area (Å²) >= 11 is 11.7. The standard InChI is InChI=1S/C21H16ClN3OS/c1-12-4-7-16(8-5-12)25-20(26)18(24-21(25)27)11-15-10-14-6-3-13(2)9-17(14)23-19(15)22/h3-11H,1-2H3,(H,24,27)/b18-11+. The minimum absolute atomic E-state index is 0.219. The van der Waals surface area contributed by atoms with Crippen LogP contribution in [0.15, 0.2) is 54.2 Å². The molecule has 0 atom stereocenters. The molecule has 134 valence electrons. The minimum Gasteiger partial charge on any atom is -0.327 e. The van der Waals surface area contributed by atoms with Crippen LogP contribution in [0.2, 0.25) is 5.15 Å². The van der Waals surface area contributed by atoms with Crippen molar-refractivity contribution in [2.45, 2.75) is 13.8 Å². The zero-order chi connectivity index (χ0) is 19.1. The molecule has 1 aliphatic heterocycles. The fraction of sp³-hybridized carbons (Fsp3) is 0.0952. The Morgan fingerprint density at radius 3 is 2.52 bits per heavy atom. The Bertz CT molecular complexity index is 1120. The minimum atomic E-state index is -0.219. The summed E-state index contributed by atoms with van der Waals surface area (Å²) in [4.78, 5) is 18.8. The van der Waals surface area contributed by atoms with Crippen molar-refractivity contribution in [2.75, 3.05) is 4.90 Å². The number of amides is 1. The van der Waals surface area contributed by atoms with E-state index in [1.54, 1.807) is 6.08 Å². The second kappa shape index (κ2) is 6.76. The molecule has 27 heavy (non-hydrogen) atoms. The molecule has 1 amide bonds. The molecule has 1 N–H and O–H groups in total. The van der Waals surface area contributed by atoms with Gasteiger partial charge in [-0.1, -0.05) is 41.4 Å². The first-order valence-electron chi connectivity index (χ1n) is 8.43. The predicted octanol–water partition coefficient (Wildman–Crippen LogP) is 4.77. The lowest BCUT2D eigenvalue weighted by Gasteiger charge is -2.14. The first-order valence-corrected chi connectivity index (χ1v) is 9.22. The number of hydrogen-bond donors (Lipinski definition) is 1. The largest absolute Gasteiger partial charge is 0.327 e. The molecule has 0 aliphatic carbocycles. The van der Waals surface area contributed by atoms with Gasteiger partial charge in [-0.2, -0.15) is 0 Å². The number of aryl methyl sites for hydroxylation is 2. The summed E-state index contributed by atoms with van der Waals surface area (Å²) in [6.07, 6.45) is 1.69. The highest BCUT2D eigenvalue weighted by Crippen LogP contribution is 2.26. The number of carbonyl (C=O) groups excluding carboxylic acids is 1. The number of carbonyl (C=O) groups is 1. The fourth-order valence-electron chi connectivity index (χ4n) is 2.99. The van der Waals surface area contributed by atoms with Crippen molar-refractivity contribution in [2.24, 2.45) is 0 Å². The molecule has 0 spiro atoms. The van der Waals surface area contributed by atoms with E-state index in [1.807, 2.05) is 62.4 Å². The van der Waals surface area contributed by atoms with Gasteiger partial charge in [0, 0.05) is 10.9 Å². The second-order valence-electron chi connectivity index (χ2n) is 6.53. The van der Waals surface area contributed by atoms with Crippen LogP contribution in [-0.2, 0) is 4.79 Å². The Kier molecular flexibility index (Phi) is 4.42. The van der Waals surface area contributed by atoms with E-state index in [0.29, 0.717) is 21.5 Å². The molecule has 1 fully saturated rings. The van der Waals surface area contributed by atoms with Gasteiger partial charge in [0.05, 0.1) is 11.2 Å². The summed E-state index contributed by atoms with van der Waals surface area (Å²) in [7, 11) is 0. The van der Waals surface area contributed by atoms with Gasteiger partial charge >= 0.3 is 0 Å². The van der Waals surface area contributed by atoms with E-state index in [1.165, 1.54) is 4.90 Å². The van der Waals surface area contributed by atoms with Crippen molar-refractivity contribution in [1.29, 1.82) is 0 Å². The SMILES string of the molecule is Cc1ccc(N2C(=O)/C(=C\c3cc4ccc(C)cc4nc3Cl)NC2=S)cc1. The Labute approximate surface area is 167 Å². The number of aromatic nitrogens is 1. The number of nitrogens with zero attached hydrogens (tertiary/aromatic N) is 2. The summed E-state index contributed by atoms with van der Waals surface area (Å²) in [5, 5.41) is 4.63. The van der Waals surface area contributed by atoms with Gasteiger partial charge in [-0.3, -0.25) is 9.69 Å². The zero-order valence-corrected chi connectivity index (χ0v) is 16.4. The molecule has 4 nitrogen and oxygen atoms in total. The molecule has 1 aromatic heterocycles. The van der Waals surface area contributed by atoms with E-state index in [-0.39, 0.29) is 5.91 Å². The highest BCUT2D eigenvalue weighted by Gasteiger charge is 2.32. The van der Waals surface area contributed by atoms with E-state index in [0.717, 1.165) is 27.7 Å². The number of thiocarbonyl (C=S) groups is 1. The maximum Gasteiger partial charge on any atom is 0.281 e. The third-order valence-corrected chi connectivity index (χ3v) is 5.01. The van der Waals surface area contributed by atoms with E-state index >= 15 is 0 Å². The molecule has 0 radical (unpaired) electrons. The Hall–Kier alpha value is -2.76. The van der Waals surface area contributed by atoms with Crippen LogP contribution in [0.3, 0.4) is 0 Å². The highest BCUT2D eigenvalue weighted by atomic mass is 35.5. The van der Waals surface area contributed by atoms with E-state index in [2.05, 4.69) is 10.3 Å². The summed E-state index contributed by atoms with van der Waals surface area (Å²) in [6, 6.07) is 15.5. The van der Waals surface area contributed by atoms with Gasteiger partial charge in [0.15, 0.2) is 5.11 Å². The maximum absolute atomic E-state index is 12.9. The molecule has 0 bridgehead atoms. The zero-order valence-electron chi connectivity index (χ0n) is 14.8. The molecule has 4 rings (SSSR count). The predicted molar refractivity (Wildman–Crippen MR) is 114 cm³/mol. The number of nitrogens with one attached hydrogen (secondary N) is 1. The van der Waals surface area contributed by atoms with Crippen LogP contribution in [0.4, 0.5) is 5.69 Å². The lowest BCUT2D eigenvalue weighted by Crippen LogP contribution is -2.30. The molecule has 3 aromatic rings. The average molecular weight is 394 g/mol. The number of anilines is 1. The van der Waals surface area contributed by atoms with Gasteiger partial charge in [0.2, 0.25) is 0 Å². The van der Waals surface area contributed by atoms with E-state index in [9.17, 15) is 4.79 Å². The monoisotopic (exact) mass is 393 g/mol. The molecule has 1 saturated heterocycles. The number of pyridine rings is 1. The van der Waals surface area contributed by atoms with Gasteiger partial charge < -0.3 is 5.32 Å². The smallest absolute Gasteiger partial charge is 0.281 e. The summed E-state index contributed by atoms with van der Waals surface area (Å²) in [5.41, 5.74) is 4.82. The molecule has 6 heteroatoms. The Morgan fingerprint density at radius 1 is 1.07 bits per heavy atom. The van der Waals surface area contributed by atoms with Crippen molar-refractivity contribution in [3.05, 3.63) is 76.1 Å². The molecule has 0 unspecified atom stereocenters. The number of halogens is 1. The van der Waals surface area contributed by atoms with Crippen LogP contribution in [0.25, 0.3) is 17.0 Å². The first kappa shape index (κ1) is 17.6. The first-order chi connectivity index (χ1) is 12.9. The van der Waals surface area contributed by atoms with E-state index < -0.39 is 0 Å². The lowest BCUT2D eigenvalue weighted by atomic mass is 10.1. The van der Waals surface area contributed by atoms with Crippen LogP contribution in [0, 0.1) is 13.8 Å². The Morgan fingerprint density at radius 2 is 1.78 bits per heavy atom. The van der Waals surface area contributed by atoms with Crippen LogP contribution >= 0.6 is 23.8 Å². The molecule has 2 heterocycles. The summed E-state index contributed by atoms with van der Waals surface area (Å²) < 4.78 is 0. The lowest BCUT2D eigenvalue weighted by molar-refractivity contribution is -0.113. The number of fused-ring (bicyclic) bond motifs is 1. The topological polar surface area (TPSA) is 45.2 Å². The molecule has 0 saturated carbocycles. The molecule has 2 aromatic carbocycles. The average Bonchev–Trinajstić information content (AvgIpc) is 2.90. The molecular weight excluding hydrogens is 378 g/mol. The van der Waals surface area contributed by atoms with Crippen molar-refractivity contribution in [3.63, 3.8) is 0 Å². The van der Waals surface area contributed by atoms with Crippen LogP contribution < -0.4 is 10.2 Å². The molecule has 1 aliphatic rings. The van der Waals surface area contributed by atoms with Crippen molar-refractivity contribution in [3.8, 4) is 0 Å². The van der Waals surface area contributed by atoms with Crippen LogP contribution in [0.5, 0.6) is 0 Å². The number of rotatable bonds is 2. The summed E-state index contributed by atoms with van der Waals surface area (Å²) in [6.45, 7) is 4.00. The third kappa shape index (κ3) is 3.31. The van der Waals surface area contributed by atoms with Gasteiger partial charge in [0.25, 0.3) is 5.91 Å². The van der Waals surface area contributed by atoms with Gasteiger partial charge in [0.1, 0.15) is 10.9 Å². The fourth-order valence-corrected chi connectivity index (χ4v) is 3.49. The van der Waals surface area contributed by atoms with Crippen LogP contribution in [0.1, 0.15) is 16.7 Å². The maximum atomic E-state index is 12.9. The quantitative estimate of drug-likeness (QED) is 0.387. The van der Waals surface area contributed by atoms with Gasteiger partial charge in [-0.05, 0) is 62.0 Å². The number of hydrogen-bond acceptors (Lipinski definition) is 3. The van der Waals surface area contributed by atoms with Crippen molar-refractivity contribution >= 4 is 57.5 Å². The highest BCUT2D eigenvalue weighted by molar-refractivity contribution is 7.80. The Balaban J connectivity index is 1.72.